The van der Waals surface area contributed by atoms with E-state index in [1.165, 1.54) is 5.56 Å². The zero-order valence-electron chi connectivity index (χ0n) is 12.3. The molecule has 2 aromatic rings. The minimum atomic E-state index is -0.259. The van der Waals surface area contributed by atoms with E-state index < -0.39 is 0 Å². The van der Waals surface area contributed by atoms with Crippen LogP contribution in [0, 0.1) is 20.8 Å². The van der Waals surface area contributed by atoms with Crippen molar-refractivity contribution >= 4 is 23.7 Å². The fourth-order valence-corrected chi connectivity index (χ4v) is 2.34. The monoisotopic (exact) mass is 300 g/mol. The predicted octanol–water partition coefficient (Wildman–Crippen LogP) is 4.03. The number of benzene rings is 2. The van der Waals surface area contributed by atoms with Crippen molar-refractivity contribution in [3.05, 3.63) is 69.2 Å². The Bertz CT molecular complexity index is 667. The molecule has 0 aliphatic heterocycles. The van der Waals surface area contributed by atoms with Crippen LogP contribution in [0.15, 0.2) is 41.5 Å². The summed E-state index contributed by atoms with van der Waals surface area (Å²) >= 11 is 5.79. The average molecular weight is 301 g/mol. The molecule has 0 aliphatic rings. The smallest absolute Gasteiger partial charge is 0.267 e. The highest BCUT2D eigenvalue weighted by atomic mass is 35.5. The molecule has 1 amide bonds. The van der Waals surface area contributed by atoms with Gasteiger partial charge >= 0.3 is 0 Å². The van der Waals surface area contributed by atoms with E-state index in [1.807, 2.05) is 13.8 Å². The van der Waals surface area contributed by atoms with Gasteiger partial charge in [0.15, 0.2) is 0 Å². The van der Waals surface area contributed by atoms with Crippen molar-refractivity contribution < 1.29 is 4.79 Å². The summed E-state index contributed by atoms with van der Waals surface area (Å²) in [5.74, 6) is -0.259. The van der Waals surface area contributed by atoms with Gasteiger partial charge in [0.25, 0.3) is 5.91 Å². The lowest BCUT2D eigenvalue weighted by molar-refractivity contribution is 0.0955. The number of hydrogen-bond acceptors (Lipinski definition) is 2. The van der Waals surface area contributed by atoms with E-state index in [1.54, 1.807) is 30.5 Å². The molecular weight excluding hydrogens is 284 g/mol. The van der Waals surface area contributed by atoms with Crippen LogP contribution >= 0.6 is 11.6 Å². The second-order valence-electron chi connectivity index (χ2n) is 5.02. The first-order valence-electron chi connectivity index (χ1n) is 6.64. The number of nitrogens with one attached hydrogen (secondary N) is 1. The fourth-order valence-electron chi connectivity index (χ4n) is 2.22. The predicted molar refractivity (Wildman–Crippen MR) is 87.2 cm³/mol. The number of aryl methyl sites for hydroxylation is 3. The summed E-state index contributed by atoms with van der Waals surface area (Å²) in [5.41, 5.74) is 7.56. The first-order valence-corrected chi connectivity index (χ1v) is 7.02. The van der Waals surface area contributed by atoms with Gasteiger partial charge in [0.1, 0.15) is 0 Å². The topological polar surface area (TPSA) is 41.5 Å². The van der Waals surface area contributed by atoms with Crippen LogP contribution in [0.25, 0.3) is 0 Å². The van der Waals surface area contributed by atoms with Gasteiger partial charge in [-0.2, -0.15) is 5.10 Å². The lowest BCUT2D eigenvalue weighted by Gasteiger charge is -2.06. The molecule has 0 atom stereocenters. The third-order valence-corrected chi connectivity index (χ3v) is 3.46. The van der Waals surface area contributed by atoms with Crippen molar-refractivity contribution in [2.75, 3.05) is 0 Å². The van der Waals surface area contributed by atoms with Crippen molar-refractivity contribution in [3.8, 4) is 0 Å². The summed E-state index contributed by atoms with van der Waals surface area (Å²) in [6.45, 7) is 6.12. The van der Waals surface area contributed by atoms with Gasteiger partial charge in [0, 0.05) is 16.1 Å². The van der Waals surface area contributed by atoms with Gasteiger partial charge < -0.3 is 0 Å². The van der Waals surface area contributed by atoms with Crippen LogP contribution in [0.4, 0.5) is 0 Å². The summed E-state index contributed by atoms with van der Waals surface area (Å²) in [4.78, 5) is 11.9. The normalized spacial score (nSPS) is 10.9. The highest BCUT2D eigenvalue weighted by Crippen LogP contribution is 2.14. The number of halogens is 1. The van der Waals surface area contributed by atoms with Crippen LogP contribution in [-0.2, 0) is 0 Å². The number of carbonyl (C=O) groups excluding carboxylic acids is 1. The van der Waals surface area contributed by atoms with Crippen LogP contribution in [0.3, 0.4) is 0 Å². The molecule has 2 rings (SSSR count). The number of nitrogens with zero attached hydrogens (tertiary/aromatic N) is 1. The van der Waals surface area contributed by atoms with Crippen LogP contribution in [0.5, 0.6) is 0 Å². The molecule has 0 spiro atoms. The largest absolute Gasteiger partial charge is 0.271 e. The van der Waals surface area contributed by atoms with E-state index in [-0.39, 0.29) is 5.91 Å². The van der Waals surface area contributed by atoms with Gasteiger partial charge in [0.2, 0.25) is 0 Å². The van der Waals surface area contributed by atoms with Gasteiger partial charge in [-0.15, -0.1) is 0 Å². The SMILES string of the molecule is Cc1cc(C)c(/C=N/NC(=O)c2ccc(Cl)cc2)c(C)c1. The third-order valence-electron chi connectivity index (χ3n) is 3.20. The maximum atomic E-state index is 11.9. The number of carbonyl (C=O) groups is 1. The lowest BCUT2D eigenvalue weighted by Crippen LogP contribution is -2.17. The Balaban J connectivity index is 2.09. The summed E-state index contributed by atoms with van der Waals surface area (Å²) in [5, 5.41) is 4.63. The highest BCUT2D eigenvalue weighted by molar-refractivity contribution is 6.30. The Kier molecular flexibility index (Phi) is 4.76. The molecule has 0 heterocycles. The second-order valence-corrected chi connectivity index (χ2v) is 5.45. The summed E-state index contributed by atoms with van der Waals surface area (Å²) in [7, 11) is 0. The van der Waals surface area contributed by atoms with Crippen LogP contribution in [-0.4, -0.2) is 12.1 Å². The molecule has 1 N–H and O–H groups in total. The van der Waals surface area contributed by atoms with Crippen LogP contribution < -0.4 is 5.43 Å². The molecule has 3 nitrogen and oxygen atoms in total. The molecule has 0 saturated heterocycles. The van der Waals surface area contributed by atoms with Crippen molar-refractivity contribution in [2.24, 2.45) is 5.10 Å². The molecule has 0 unspecified atom stereocenters. The quantitative estimate of drug-likeness (QED) is 0.675. The standard InChI is InChI=1S/C17H17ClN2O/c1-11-8-12(2)16(13(3)9-11)10-19-20-17(21)14-4-6-15(18)7-5-14/h4-10H,1-3H3,(H,20,21)/b19-10+. The van der Waals surface area contributed by atoms with Crippen molar-refractivity contribution in [1.82, 2.24) is 5.43 Å². The van der Waals surface area contributed by atoms with Crippen molar-refractivity contribution in [3.63, 3.8) is 0 Å². The molecule has 21 heavy (non-hydrogen) atoms. The summed E-state index contributed by atoms with van der Waals surface area (Å²) in [6, 6.07) is 10.9. The molecule has 0 aliphatic carbocycles. The van der Waals surface area contributed by atoms with E-state index in [0.717, 1.165) is 16.7 Å². The van der Waals surface area contributed by atoms with Gasteiger partial charge in [0.05, 0.1) is 6.21 Å². The van der Waals surface area contributed by atoms with Crippen LogP contribution in [0.2, 0.25) is 5.02 Å². The molecule has 0 aromatic heterocycles. The maximum absolute atomic E-state index is 11.9. The van der Waals surface area contributed by atoms with Gasteiger partial charge in [-0.3, -0.25) is 4.79 Å². The Morgan fingerprint density at radius 2 is 1.67 bits per heavy atom. The first kappa shape index (κ1) is 15.3. The third kappa shape index (κ3) is 3.92. The van der Waals surface area contributed by atoms with E-state index in [9.17, 15) is 4.79 Å². The molecule has 0 fully saturated rings. The number of rotatable bonds is 3. The molecular formula is C17H17ClN2O. The van der Waals surface area contributed by atoms with E-state index in [0.29, 0.717) is 10.6 Å². The summed E-state index contributed by atoms with van der Waals surface area (Å²) < 4.78 is 0. The Morgan fingerprint density at radius 1 is 1.10 bits per heavy atom. The van der Waals surface area contributed by atoms with Gasteiger partial charge in [-0.05, 0) is 56.2 Å². The molecule has 0 saturated carbocycles. The van der Waals surface area contributed by atoms with Crippen molar-refractivity contribution in [1.29, 1.82) is 0 Å². The fraction of sp³-hybridized carbons (Fsp3) is 0.176. The van der Waals surface area contributed by atoms with Crippen molar-refractivity contribution in [2.45, 2.75) is 20.8 Å². The minimum Gasteiger partial charge on any atom is -0.267 e. The Hall–Kier alpha value is -2.13. The zero-order chi connectivity index (χ0) is 15.4. The minimum absolute atomic E-state index is 0.259. The highest BCUT2D eigenvalue weighted by Gasteiger charge is 2.04. The summed E-state index contributed by atoms with van der Waals surface area (Å²) in [6.07, 6.45) is 1.68. The number of amides is 1. The second kappa shape index (κ2) is 6.55. The molecule has 4 heteroatoms. The van der Waals surface area contributed by atoms with E-state index >= 15 is 0 Å². The lowest BCUT2D eigenvalue weighted by atomic mass is 10.0. The molecule has 0 radical (unpaired) electrons. The Labute approximate surface area is 129 Å². The van der Waals surface area contributed by atoms with Gasteiger partial charge in [-0.1, -0.05) is 29.3 Å². The first-order chi connectivity index (χ1) is 9.97. The molecule has 0 bridgehead atoms. The number of hydrazone groups is 1. The molecule has 108 valence electrons. The molecule has 2 aromatic carbocycles. The maximum Gasteiger partial charge on any atom is 0.271 e. The van der Waals surface area contributed by atoms with E-state index in [4.69, 9.17) is 11.6 Å². The average Bonchev–Trinajstić information content (AvgIpc) is 2.42. The van der Waals surface area contributed by atoms with Gasteiger partial charge in [-0.25, -0.2) is 5.43 Å². The van der Waals surface area contributed by atoms with E-state index in [2.05, 4.69) is 29.6 Å². The Morgan fingerprint density at radius 3 is 2.24 bits per heavy atom. The van der Waals surface area contributed by atoms with Crippen LogP contribution in [0.1, 0.15) is 32.6 Å². The zero-order valence-corrected chi connectivity index (χ0v) is 13.0. The number of hydrogen-bond donors (Lipinski definition) is 1.